The van der Waals surface area contributed by atoms with Crippen LogP contribution in [0.5, 0.6) is 0 Å². The molecule has 1 saturated heterocycles. The fourth-order valence-corrected chi connectivity index (χ4v) is 3.46. The number of carbonyl (C=O) groups is 1. The van der Waals surface area contributed by atoms with Crippen LogP contribution in [-0.2, 0) is 16.4 Å². The fraction of sp³-hybridized carbons (Fsp3) is 0.667. The molecule has 0 radical (unpaired) electrons. The summed E-state index contributed by atoms with van der Waals surface area (Å²) < 4.78 is 22.6. The topological polar surface area (TPSA) is 95.2 Å². The van der Waals surface area contributed by atoms with Crippen molar-refractivity contribution in [1.82, 2.24) is 20.4 Å². The molecule has 2 aliphatic rings. The van der Waals surface area contributed by atoms with Crippen molar-refractivity contribution in [1.29, 1.82) is 0 Å². The number of H-pyrrole nitrogens is 1. The van der Waals surface area contributed by atoms with Crippen molar-refractivity contribution >= 4 is 15.9 Å². The van der Waals surface area contributed by atoms with Gasteiger partial charge in [-0.25, -0.2) is 13.2 Å². The maximum atomic E-state index is 11.9. The summed E-state index contributed by atoms with van der Waals surface area (Å²) in [6.45, 7) is 0.927. The quantitative estimate of drug-likeness (QED) is 0.835. The maximum Gasteiger partial charge on any atom is 0.317 e. The van der Waals surface area contributed by atoms with Crippen molar-refractivity contribution in [2.24, 2.45) is 0 Å². The van der Waals surface area contributed by atoms with Gasteiger partial charge >= 0.3 is 6.03 Å². The monoisotopic (exact) mass is 298 g/mol. The molecule has 0 aromatic carbocycles. The highest BCUT2D eigenvalue weighted by atomic mass is 32.2. The Hall–Kier alpha value is -1.57. The van der Waals surface area contributed by atoms with Crippen LogP contribution in [0.3, 0.4) is 0 Å². The van der Waals surface area contributed by atoms with Crippen LogP contribution >= 0.6 is 0 Å². The summed E-state index contributed by atoms with van der Waals surface area (Å²) in [4.78, 5) is 13.5. The number of urea groups is 1. The number of aromatic nitrogens is 2. The number of hydrogen-bond donors (Lipinski definition) is 2. The molecule has 0 unspecified atom stereocenters. The van der Waals surface area contributed by atoms with Crippen LogP contribution in [0.4, 0.5) is 4.79 Å². The van der Waals surface area contributed by atoms with Gasteiger partial charge < -0.3 is 10.2 Å². The minimum atomic E-state index is -2.95. The summed E-state index contributed by atoms with van der Waals surface area (Å²) in [5.74, 6) is 0.690. The first-order chi connectivity index (χ1) is 9.53. The van der Waals surface area contributed by atoms with Crippen molar-refractivity contribution in [3.63, 3.8) is 0 Å². The van der Waals surface area contributed by atoms with Gasteiger partial charge in [0.1, 0.15) is 0 Å². The number of hydrogen-bond acceptors (Lipinski definition) is 4. The van der Waals surface area contributed by atoms with Crippen molar-refractivity contribution in [2.75, 3.05) is 24.6 Å². The number of nitrogens with one attached hydrogen (secondary N) is 2. The number of carbonyl (C=O) groups excluding carboxylic acids is 1. The molecule has 1 aromatic rings. The largest absolute Gasteiger partial charge is 0.332 e. The van der Waals surface area contributed by atoms with Crippen LogP contribution in [0.15, 0.2) is 6.07 Å². The van der Waals surface area contributed by atoms with Crippen molar-refractivity contribution in [3.8, 4) is 0 Å². The highest BCUT2D eigenvalue weighted by Crippen LogP contribution is 2.38. The third-order valence-electron chi connectivity index (χ3n) is 3.71. The van der Waals surface area contributed by atoms with E-state index in [2.05, 4.69) is 15.5 Å². The zero-order valence-corrected chi connectivity index (χ0v) is 11.9. The maximum absolute atomic E-state index is 11.9. The molecule has 1 aromatic heterocycles. The van der Waals surface area contributed by atoms with E-state index in [4.69, 9.17) is 0 Å². The van der Waals surface area contributed by atoms with Crippen LogP contribution in [-0.4, -0.2) is 54.1 Å². The van der Waals surface area contributed by atoms with Gasteiger partial charge in [-0.05, 0) is 18.9 Å². The lowest BCUT2D eigenvalue weighted by Crippen LogP contribution is -2.48. The summed E-state index contributed by atoms with van der Waals surface area (Å²) in [6.07, 6.45) is 2.39. The average molecular weight is 298 g/mol. The lowest BCUT2D eigenvalue weighted by atomic mass is 10.3. The van der Waals surface area contributed by atoms with E-state index in [1.807, 2.05) is 6.07 Å². The molecule has 2 N–H and O–H groups in total. The Morgan fingerprint density at radius 1 is 1.40 bits per heavy atom. The lowest BCUT2D eigenvalue weighted by Gasteiger charge is -2.26. The molecule has 110 valence electrons. The summed E-state index contributed by atoms with van der Waals surface area (Å²) in [7, 11) is -2.95. The molecule has 3 rings (SSSR count). The van der Waals surface area contributed by atoms with E-state index < -0.39 is 9.84 Å². The van der Waals surface area contributed by atoms with Gasteiger partial charge in [-0.2, -0.15) is 5.10 Å². The SMILES string of the molecule is O=C(NCc1cc(C2CC2)n[nH]1)N1CCS(=O)(=O)CC1. The lowest BCUT2D eigenvalue weighted by molar-refractivity contribution is 0.201. The predicted octanol–water partition coefficient (Wildman–Crippen LogP) is 0.227. The standard InChI is InChI=1S/C12H18N4O3S/c17-12(16-3-5-20(18,19)6-4-16)13-8-10-7-11(15-14-10)9-1-2-9/h7,9H,1-6,8H2,(H,13,17)(H,14,15). The van der Waals surface area contributed by atoms with Gasteiger partial charge in [0.15, 0.2) is 9.84 Å². The molecule has 0 spiro atoms. The molecule has 20 heavy (non-hydrogen) atoms. The zero-order chi connectivity index (χ0) is 14.2. The first kappa shape index (κ1) is 13.4. The molecule has 0 atom stereocenters. The second-order valence-corrected chi connectivity index (χ2v) is 7.69. The summed E-state index contributed by atoms with van der Waals surface area (Å²) in [5.41, 5.74) is 1.95. The van der Waals surface area contributed by atoms with Crippen molar-refractivity contribution in [3.05, 3.63) is 17.5 Å². The molecule has 2 heterocycles. The summed E-state index contributed by atoms with van der Waals surface area (Å²) in [6, 6.07) is 1.76. The summed E-state index contributed by atoms with van der Waals surface area (Å²) in [5, 5.41) is 9.93. The van der Waals surface area contributed by atoms with Gasteiger partial charge in [-0.3, -0.25) is 5.10 Å². The van der Waals surface area contributed by atoms with E-state index in [0.717, 1.165) is 11.4 Å². The Labute approximate surface area is 117 Å². The van der Waals surface area contributed by atoms with Crippen LogP contribution < -0.4 is 5.32 Å². The third kappa shape index (κ3) is 3.12. The number of aromatic amines is 1. The third-order valence-corrected chi connectivity index (χ3v) is 5.32. The van der Waals surface area contributed by atoms with E-state index in [1.165, 1.54) is 12.8 Å². The molecule has 8 heteroatoms. The van der Waals surface area contributed by atoms with Gasteiger partial charge in [0, 0.05) is 19.0 Å². The van der Waals surface area contributed by atoms with Gasteiger partial charge in [-0.15, -0.1) is 0 Å². The number of amides is 2. The molecule has 1 aliphatic heterocycles. The van der Waals surface area contributed by atoms with Gasteiger partial charge in [0.05, 0.1) is 29.4 Å². The normalized spacial score (nSPS) is 21.7. The fourth-order valence-electron chi connectivity index (χ4n) is 2.26. The van der Waals surface area contributed by atoms with Crippen LogP contribution in [0.1, 0.15) is 30.1 Å². The average Bonchev–Trinajstić information content (AvgIpc) is 3.15. The molecule has 1 aliphatic carbocycles. The minimum absolute atomic E-state index is 0.0519. The number of nitrogens with zero attached hydrogens (tertiary/aromatic N) is 2. The van der Waals surface area contributed by atoms with Crippen molar-refractivity contribution in [2.45, 2.75) is 25.3 Å². The van der Waals surface area contributed by atoms with Crippen LogP contribution in [0.25, 0.3) is 0 Å². The van der Waals surface area contributed by atoms with Crippen LogP contribution in [0, 0.1) is 0 Å². The molecular formula is C12H18N4O3S. The van der Waals surface area contributed by atoms with E-state index in [0.29, 0.717) is 12.5 Å². The van der Waals surface area contributed by atoms with E-state index >= 15 is 0 Å². The zero-order valence-electron chi connectivity index (χ0n) is 11.1. The predicted molar refractivity (Wildman–Crippen MR) is 73.0 cm³/mol. The molecule has 7 nitrogen and oxygen atoms in total. The highest BCUT2D eigenvalue weighted by molar-refractivity contribution is 7.91. The molecule has 1 saturated carbocycles. The molecule has 2 amide bonds. The Kier molecular flexibility index (Phi) is 3.41. The summed E-state index contributed by atoms with van der Waals surface area (Å²) >= 11 is 0. The first-order valence-electron chi connectivity index (χ1n) is 6.81. The Balaban J connectivity index is 1.49. The van der Waals surface area contributed by atoms with Crippen molar-refractivity contribution < 1.29 is 13.2 Å². The Morgan fingerprint density at radius 2 is 2.10 bits per heavy atom. The molecule has 0 bridgehead atoms. The van der Waals surface area contributed by atoms with Crippen LogP contribution in [0.2, 0.25) is 0 Å². The first-order valence-corrected chi connectivity index (χ1v) is 8.63. The van der Waals surface area contributed by atoms with Gasteiger partial charge in [0.25, 0.3) is 0 Å². The second-order valence-electron chi connectivity index (χ2n) is 5.39. The van der Waals surface area contributed by atoms with E-state index in [-0.39, 0.29) is 30.6 Å². The number of sulfone groups is 1. The number of rotatable bonds is 3. The smallest absolute Gasteiger partial charge is 0.317 e. The Morgan fingerprint density at radius 3 is 2.75 bits per heavy atom. The van der Waals surface area contributed by atoms with Gasteiger partial charge in [0.2, 0.25) is 0 Å². The van der Waals surface area contributed by atoms with Gasteiger partial charge in [-0.1, -0.05) is 0 Å². The Bertz CT molecular complexity index is 592. The molecule has 2 fully saturated rings. The van der Waals surface area contributed by atoms with E-state index in [9.17, 15) is 13.2 Å². The second kappa shape index (κ2) is 5.08. The highest BCUT2D eigenvalue weighted by Gasteiger charge is 2.27. The van der Waals surface area contributed by atoms with E-state index in [1.54, 1.807) is 4.90 Å². The molecular weight excluding hydrogens is 280 g/mol. The minimum Gasteiger partial charge on any atom is -0.332 e.